The van der Waals surface area contributed by atoms with E-state index in [0.29, 0.717) is 6.42 Å². The fourth-order valence-corrected chi connectivity index (χ4v) is 2.22. The molecule has 0 bridgehead atoms. The van der Waals surface area contributed by atoms with Gasteiger partial charge in [0.1, 0.15) is 5.01 Å². The van der Waals surface area contributed by atoms with Crippen LogP contribution in [0.3, 0.4) is 0 Å². The van der Waals surface area contributed by atoms with E-state index in [9.17, 15) is 4.79 Å². The van der Waals surface area contributed by atoms with Gasteiger partial charge in [-0.3, -0.25) is 9.69 Å². The standard InChI is InChI=1S/C12H22N4OS/c1-13-5-6-16(4)8-10-9-18-11(14-10)7-12(17)15(2)3/h9,13H,5-8H2,1-4H3. The van der Waals surface area contributed by atoms with Crippen molar-refractivity contribution in [2.45, 2.75) is 13.0 Å². The highest BCUT2D eigenvalue weighted by Crippen LogP contribution is 2.12. The summed E-state index contributed by atoms with van der Waals surface area (Å²) >= 11 is 1.56. The molecule has 1 amide bonds. The maximum Gasteiger partial charge on any atom is 0.228 e. The molecule has 0 aliphatic carbocycles. The highest BCUT2D eigenvalue weighted by Gasteiger charge is 2.10. The van der Waals surface area contributed by atoms with Gasteiger partial charge in [0.05, 0.1) is 12.1 Å². The number of thiazole rings is 1. The Labute approximate surface area is 113 Å². The van der Waals surface area contributed by atoms with E-state index in [1.807, 2.05) is 12.4 Å². The largest absolute Gasteiger partial charge is 0.348 e. The molecule has 1 heterocycles. The molecule has 6 heteroatoms. The zero-order valence-electron chi connectivity index (χ0n) is 11.6. The quantitative estimate of drug-likeness (QED) is 0.780. The van der Waals surface area contributed by atoms with E-state index in [0.717, 1.165) is 30.3 Å². The minimum Gasteiger partial charge on any atom is -0.348 e. The Morgan fingerprint density at radius 1 is 1.44 bits per heavy atom. The van der Waals surface area contributed by atoms with E-state index < -0.39 is 0 Å². The summed E-state index contributed by atoms with van der Waals surface area (Å²) in [5.74, 6) is 0.0967. The van der Waals surface area contributed by atoms with Crippen molar-refractivity contribution >= 4 is 17.2 Å². The molecule has 5 nitrogen and oxygen atoms in total. The third-order valence-corrected chi connectivity index (χ3v) is 3.47. The van der Waals surface area contributed by atoms with Crippen molar-refractivity contribution in [3.8, 4) is 0 Å². The smallest absolute Gasteiger partial charge is 0.228 e. The van der Waals surface area contributed by atoms with Crippen LogP contribution < -0.4 is 5.32 Å². The van der Waals surface area contributed by atoms with Crippen molar-refractivity contribution in [1.82, 2.24) is 20.1 Å². The van der Waals surface area contributed by atoms with Gasteiger partial charge >= 0.3 is 0 Å². The molecule has 0 aliphatic rings. The van der Waals surface area contributed by atoms with Gasteiger partial charge in [-0.15, -0.1) is 11.3 Å². The number of likely N-dealkylation sites (N-methyl/N-ethyl adjacent to an activating group) is 3. The second-order valence-electron chi connectivity index (χ2n) is 4.54. The molecule has 1 aromatic heterocycles. The maximum absolute atomic E-state index is 11.6. The van der Waals surface area contributed by atoms with Crippen molar-refractivity contribution in [2.75, 3.05) is 41.3 Å². The lowest BCUT2D eigenvalue weighted by Crippen LogP contribution is -2.27. The fraction of sp³-hybridized carbons (Fsp3) is 0.667. The van der Waals surface area contributed by atoms with Gasteiger partial charge < -0.3 is 10.2 Å². The first-order valence-electron chi connectivity index (χ1n) is 5.99. The van der Waals surface area contributed by atoms with Crippen molar-refractivity contribution < 1.29 is 4.79 Å². The zero-order chi connectivity index (χ0) is 13.5. The van der Waals surface area contributed by atoms with E-state index in [4.69, 9.17) is 0 Å². The van der Waals surface area contributed by atoms with E-state index in [1.165, 1.54) is 0 Å². The van der Waals surface area contributed by atoms with Gasteiger partial charge in [0.25, 0.3) is 0 Å². The molecule has 0 unspecified atom stereocenters. The van der Waals surface area contributed by atoms with Crippen molar-refractivity contribution in [1.29, 1.82) is 0 Å². The van der Waals surface area contributed by atoms with Gasteiger partial charge in [-0.1, -0.05) is 0 Å². The second-order valence-corrected chi connectivity index (χ2v) is 5.48. The third kappa shape index (κ3) is 5.12. The van der Waals surface area contributed by atoms with Gasteiger partial charge in [0.15, 0.2) is 0 Å². The number of rotatable bonds is 7. The maximum atomic E-state index is 11.6. The summed E-state index contributed by atoms with van der Waals surface area (Å²) < 4.78 is 0. The molecule has 0 radical (unpaired) electrons. The van der Waals surface area contributed by atoms with E-state index >= 15 is 0 Å². The molecule has 18 heavy (non-hydrogen) atoms. The van der Waals surface area contributed by atoms with E-state index in [-0.39, 0.29) is 5.91 Å². The van der Waals surface area contributed by atoms with Crippen LogP contribution in [0, 0.1) is 0 Å². The topological polar surface area (TPSA) is 48.5 Å². The van der Waals surface area contributed by atoms with Crippen LogP contribution in [0.4, 0.5) is 0 Å². The lowest BCUT2D eigenvalue weighted by Gasteiger charge is -2.14. The molecule has 0 aliphatic heterocycles. The van der Waals surface area contributed by atoms with Crippen LogP contribution in [0.5, 0.6) is 0 Å². The first-order valence-corrected chi connectivity index (χ1v) is 6.87. The predicted octanol–water partition coefficient (Wildman–Crippen LogP) is 0.425. The number of carbonyl (C=O) groups excluding carboxylic acids is 1. The first kappa shape index (κ1) is 15.1. The third-order valence-electron chi connectivity index (χ3n) is 2.58. The lowest BCUT2D eigenvalue weighted by molar-refractivity contribution is -0.127. The SMILES string of the molecule is CNCCN(C)Cc1csc(CC(=O)N(C)C)n1. The normalized spacial score (nSPS) is 10.9. The highest BCUT2D eigenvalue weighted by atomic mass is 32.1. The Kier molecular flexibility index (Phi) is 6.24. The van der Waals surface area contributed by atoms with Gasteiger partial charge in [0, 0.05) is 39.1 Å². The molecule has 1 rings (SSSR count). The zero-order valence-corrected chi connectivity index (χ0v) is 12.4. The Bertz CT molecular complexity index is 378. The van der Waals surface area contributed by atoms with E-state index in [1.54, 1.807) is 30.3 Å². The Hall–Kier alpha value is -0.980. The van der Waals surface area contributed by atoms with Gasteiger partial charge in [-0.2, -0.15) is 0 Å². The predicted molar refractivity (Wildman–Crippen MR) is 74.8 cm³/mol. The summed E-state index contributed by atoms with van der Waals surface area (Å²) in [6, 6.07) is 0. The number of hydrogen-bond donors (Lipinski definition) is 1. The van der Waals surface area contributed by atoms with Crippen LogP contribution in [0.25, 0.3) is 0 Å². The van der Waals surface area contributed by atoms with Gasteiger partial charge in [-0.25, -0.2) is 4.98 Å². The molecule has 102 valence electrons. The molecule has 0 atom stereocenters. The average molecular weight is 270 g/mol. The van der Waals surface area contributed by atoms with Crippen molar-refractivity contribution in [3.63, 3.8) is 0 Å². The number of nitrogens with zero attached hydrogens (tertiary/aromatic N) is 3. The summed E-state index contributed by atoms with van der Waals surface area (Å²) in [7, 11) is 7.55. The Morgan fingerprint density at radius 2 is 2.17 bits per heavy atom. The summed E-state index contributed by atoms with van der Waals surface area (Å²) in [5.41, 5.74) is 1.04. The minimum absolute atomic E-state index is 0.0967. The Morgan fingerprint density at radius 3 is 2.78 bits per heavy atom. The van der Waals surface area contributed by atoms with Gasteiger partial charge in [-0.05, 0) is 14.1 Å². The molecule has 0 fully saturated rings. The van der Waals surface area contributed by atoms with Crippen LogP contribution in [-0.4, -0.2) is 62.0 Å². The number of aromatic nitrogens is 1. The summed E-state index contributed by atoms with van der Waals surface area (Å²) in [6.45, 7) is 2.78. The van der Waals surface area contributed by atoms with Crippen molar-refractivity contribution in [2.24, 2.45) is 0 Å². The second kappa shape index (κ2) is 7.45. The molecular formula is C12H22N4OS. The average Bonchev–Trinajstić information content (AvgIpc) is 2.73. The fourth-order valence-electron chi connectivity index (χ4n) is 1.45. The molecule has 1 aromatic rings. The minimum atomic E-state index is 0.0967. The molecule has 0 spiro atoms. The number of nitrogens with one attached hydrogen (secondary N) is 1. The first-order chi connectivity index (χ1) is 8.52. The van der Waals surface area contributed by atoms with Crippen LogP contribution in [0.1, 0.15) is 10.7 Å². The monoisotopic (exact) mass is 270 g/mol. The van der Waals surface area contributed by atoms with E-state index in [2.05, 4.69) is 22.2 Å². The van der Waals surface area contributed by atoms with Crippen LogP contribution in [-0.2, 0) is 17.8 Å². The highest BCUT2D eigenvalue weighted by molar-refractivity contribution is 7.09. The molecule has 0 aromatic carbocycles. The van der Waals surface area contributed by atoms with Crippen molar-refractivity contribution in [3.05, 3.63) is 16.1 Å². The van der Waals surface area contributed by atoms with Crippen LogP contribution >= 0.6 is 11.3 Å². The van der Waals surface area contributed by atoms with Gasteiger partial charge in [0.2, 0.25) is 5.91 Å². The van der Waals surface area contributed by atoms with Crippen LogP contribution in [0.15, 0.2) is 5.38 Å². The molecule has 0 saturated carbocycles. The summed E-state index contributed by atoms with van der Waals surface area (Å²) in [4.78, 5) is 19.9. The number of amides is 1. The Balaban J connectivity index is 2.45. The van der Waals surface area contributed by atoms with Crippen LogP contribution in [0.2, 0.25) is 0 Å². The summed E-state index contributed by atoms with van der Waals surface area (Å²) in [6.07, 6.45) is 0.401. The molecule has 0 saturated heterocycles. The number of hydrogen-bond acceptors (Lipinski definition) is 5. The lowest BCUT2D eigenvalue weighted by atomic mass is 10.4. The number of carbonyl (C=O) groups is 1. The molecule has 1 N–H and O–H groups in total. The molecular weight excluding hydrogens is 248 g/mol. The summed E-state index contributed by atoms with van der Waals surface area (Å²) in [5, 5.41) is 6.05.